The van der Waals surface area contributed by atoms with Crippen LogP contribution in [0.3, 0.4) is 0 Å². The van der Waals surface area contributed by atoms with E-state index in [0.29, 0.717) is 18.4 Å². The molecule has 2 atom stereocenters. The smallest absolute Gasteiger partial charge is 0.227 e. The van der Waals surface area contributed by atoms with Crippen LogP contribution in [-0.4, -0.2) is 43.6 Å². The Morgan fingerprint density at radius 2 is 2.29 bits per heavy atom. The summed E-state index contributed by atoms with van der Waals surface area (Å²) in [5.74, 6) is 1.53. The van der Waals surface area contributed by atoms with Crippen LogP contribution in [0.5, 0.6) is 5.75 Å². The van der Waals surface area contributed by atoms with Crippen molar-refractivity contribution in [2.75, 3.05) is 26.7 Å². The van der Waals surface area contributed by atoms with Gasteiger partial charge in [0.2, 0.25) is 5.91 Å². The second-order valence-corrected chi connectivity index (χ2v) is 5.80. The summed E-state index contributed by atoms with van der Waals surface area (Å²) in [7, 11) is 1.65. The van der Waals surface area contributed by atoms with Gasteiger partial charge in [-0.3, -0.25) is 4.79 Å². The number of hydrogen-bond acceptors (Lipinski definition) is 3. The predicted molar refractivity (Wildman–Crippen MR) is 84.5 cm³/mol. The molecule has 1 aliphatic rings. The van der Waals surface area contributed by atoms with Gasteiger partial charge in [-0.25, -0.2) is 0 Å². The van der Waals surface area contributed by atoms with Crippen LogP contribution in [-0.2, 0) is 11.2 Å². The van der Waals surface area contributed by atoms with Crippen LogP contribution in [0.2, 0.25) is 0 Å². The largest absolute Gasteiger partial charge is 0.497 e. The molecule has 0 spiro atoms. The fraction of sp³-hybridized carbons (Fsp3) is 0.588. The van der Waals surface area contributed by atoms with Crippen molar-refractivity contribution < 1.29 is 9.53 Å². The van der Waals surface area contributed by atoms with Crippen LogP contribution in [0.25, 0.3) is 0 Å². The summed E-state index contributed by atoms with van der Waals surface area (Å²) in [6, 6.07) is 8.29. The first-order valence-corrected chi connectivity index (χ1v) is 7.78. The number of nitrogens with zero attached hydrogens (tertiary/aromatic N) is 1. The van der Waals surface area contributed by atoms with Gasteiger partial charge in [-0.15, -0.1) is 0 Å². The number of hydrogen-bond donors (Lipinski definition) is 1. The highest BCUT2D eigenvalue weighted by atomic mass is 16.5. The molecule has 1 aromatic carbocycles. The Hall–Kier alpha value is -1.55. The molecule has 4 heteroatoms. The lowest BCUT2D eigenvalue weighted by molar-refractivity contribution is -0.132. The predicted octanol–water partition coefficient (Wildman–Crippen LogP) is 2.08. The molecule has 1 fully saturated rings. The number of carbonyl (C=O) groups is 1. The Labute approximate surface area is 127 Å². The molecule has 1 aromatic rings. The van der Waals surface area contributed by atoms with E-state index in [1.165, 1.54) is 0 Å². The van der Waals surface area contributed by atoms with E-state index in [0.717, 1.165) is 37.4 Å². The quantitative estimate of drug-likeness (QED) is 0.903. The fourth-order valence-corrected chi connectivity index (χ4v) is 3.01. The fourth-order valence-electron chi connectivity index (χ4n) is 3.01. The Morgan fingerprint density at radius 3 is 2.95 bits per heavy atom. The van der Waals surface area contributed by atoms with Gasteiger partial charge in [0.15, 0.2) is 0 Å². The molecular weight excluding hydrogens is 264 g/mol. The summed E-state index contributed by atoms with van der Waals surface area (Å²) in [5, 5.41) is 3.50. The first-order chi connectivity index (χ1) is 10.1. The highest BCUT2D eigenvalue weighted by Gasteiger charge is 2.27. The molecule has 1 aliphatic heterocycles. The molecule has 21 heavy (non-hydrogen) atoms. The third-order valence-electron chi connectivity index (χ3n) is 4.21. The van der Waals surface area contributed by atoms with E-state index in [-0.39, 0.29) is 5.91 Å². The van der Waals surface area contributed by atoms with Crippen molar-refractivity contribution in [2.24, 2.45) is 5.92 Å². The van der Waals surface area contributed by atoms with Crippen LogP contribution in [0.1, 0.15) is 25.8 Å². The normalized spacial score (nSPS) is 22.1. The second-order valence-electron chi connectivity index (χ2n) is 5.80. The van der Waals surface area contributed by atoms with Gasteiger partial charge in [-0.2, -0.15) is 0 Å². The summed E-state index contributed by atoms with van der Waals surface area (Å²) >= 11 is 0. The van der Waals surface area contributed by atoms with E-state index >= 15 is 0 Å². The molecule has 0 saturated carbocycles. The number of methoxy groups -OCH3 is 1. The minimum Gasteiger partial charge on any atom is -0.497 e. The summed E-state index contributed by atoms with van der Waals surface area (Å²) in [6.07, 6.45) is 1.49. The Morgan fingerprint density at radius 1 is 1.48 bits per heavy atom. The van der Waals surface area contributed by atoms with Crippen molar-refractivity contribution >= 4 is 5.91 Å². The molecule has 1 amide bonds. The number of piperidine rings is 1. The number of rotatable bonds is 5. The van der Waals surface area contributed by atoms with Crippen molar-refractivity contribution in [1.29, 1.82) is 0 Å². The molecule has 4 nitrogen and oxygen atoms in total. The number of likely N-dealkylation sites (tertiary alicyclic amines) is 1. The van der Waals surface area contributed by atoms with Gasteiger partial charge in [0, 0.05) is 19.1 Å². The first-order valence-electron chi connectivity index (χ1n) is 7.78. The van der Waals surface area contributed by atoms with Crippen molar-refractivity contribution in [3.63, 3.8) is 0 Å². The van der Waals surface area contributed by atoms with Crippen molar-refractivity contribution in [3.05, 3.63) is 29.8 Å². The number of ether oxygens (including phenoxy) is 1. The third kappa shape index (κ3) is 4.21. The molecule has 116 valence electrons. The average molecular weight is 290 g/mol. The van der Waals surface area contributed by atoms with Crippen LogP contribution < -0.4 is 10.1 Å². The van der Waals surface area contributed by atoms with Gasteiger partial charge >= 0.3 is 0 Å². The summed E-state index contributed by atoms with van der Waals surface area (Å²) in [6.45, 7) is 7.05. The molecule has 1 heterocycles. The van der Waals surface area contributed by atoms with Crippen molar-refractivity contribution in [1.82, 2.24) is 10.2 Å². The molecule has 2 unspecified atom stereocenters. The zero-order valence-electron chi connectivity index (χ0n) is 13.3. The number of amides is 1. The summed E-state index contributed by atoms with van der Waals surface area (Å²) < 4.78 is 5.21. The van der Waals surface area contributed by atoms with E-state index in [4.69, 9.17) is 4.74 Å². The lowest BCUT2D eigenvalue weighted by Gasteiger charge is -2.37. The van der Waals surface area contributed by atoms with Gasteiger partial charge in [0.1, 0.15) is 5.75 Å². The summed E-state index contributed by atoms with van der Waals surface area (Å²) in [4.78, 5) is 14.4. The molecule has 0 bridgehead atoms. The zero-order chi connectivity index (χ0) is 15.2. The van der Waals surface area contributed by atoms with E-state index in [9.17, 15) is 4.79 Å². The van der Waals surface area contributed by atoms with Gasteiger partial charge in [-0.05, 0) is 36.6 Å². The van der Waals surface area contributed by atoms with Gasteiger partial charge in [0.05, 0.1) is 13.5 Å². The Balaban J connectivity index is 1.92. The molecule has 1 saturated heterocycles. The second kappa shape index (κ2) is 7.46. The van der Waals surface area contributed by atoms with Crippen LogP contribution >= 0.6 is 0 Å². The minimum absolute atomic E-state index is 0.213. The van der Waals surface area contributed by atoms with Crippen molar-refractivity contribution in [2.45, 2.75) is 32.7 Å². The lowest BCUT2D eigenvalue weighted by atomic mass is 9.93. The van der Waals surface area contributed by atoms with Gasteiger partial charge in [0.25, 0.3) is 0 Å². The highest BCUT2D eigenvalue weighted by Crippen LogP contribution is 2.19. The Kier molecular flexibility index (Phi) is 5.62. The van der Waals surface area contributed by atoms with Crippen LogP contribution in [0, 0.1) is 5.92 Å². The molecule has 0 radical (unpaired) electrons. The molecule has 2 rings (SSSR count). The number of benzene rings is 1. The number of nitrogens with one attached hydrogen (secondary N) is 1. The van der Waals surface area contributed by atoms with E-state index in [2.05, 4.69) is 19.2 Å². The van der Waals surface area contributed by atoms with E-state index in [1.54, 1.807) is 7.11 Å². The third-order valence-corrected chi connectivity index (χ3v) is 4.21. The zero-order valence-corrected chi connectivity index (χ0v) is 13.3. The van der Waals surface area contributed by atoms with E-state index < -0.39 is 0 Å². The van der Waals surface area contributed by atoms with Gasteiger partial charge in [-0.1, -0.05) is 26.0 Å². The van der Waals surface area contributed by atoms with Crippen LogP contribution in [0.4, 0.5) is 0 Å². The lowest BCUT2D eigenvalue weighted by Crippen LogP contribution is -2.50. The maximum atomic E-state index is 12.4. The average Bonchev–Trinajstić information content (AvgIpc) is 2.49. The number of carbonyl (C=O) groups excluding carboxylic acids is 1. The molecule has 0 aliphatic carbocycles. The van der Waals surface area contributed by atoms with Gasteiger partial charge < -0.3 is 15.0 Å². The topological polar surface area (TPSA) is 41.6 Å². The monoisotopic (exact) mass is 290 g/mol. The molecule has 0 aromatic heterocycles. The molecule has 1 N–H and O–H groups in total. The Bertz CT molecular complexity index is 476. The summed E-state index contributed by atoms with van der Waals surface area (Å²) in [5.41, 5.74) is 1.01. The molecular formula is C17H26N2O2. The van der Waals surface area contributed by atoms with Crippen LogP contribution in [0.15, 0.2) is 24.3 Å². The maximum absolute atomic E-state index is 12.4. The minimum atomic E-state index is 0.213. The SMILES string of the molecule is CCNC1CCN(C(=O)Cc2cccc(OC)c2)CC1C. The standard InChI is InChI=1S/C17H26N2O2/c1-4-18-16-8-9-19(12-13(16)2)17(20)11-14-6-5-7-15(10-14)21-3/h5-7,10,13,16,18H,4,8-9,11-12H2,1-3H3. The van der Waals surface area contributed by atoms with E-state index in [1.807, 2.05) is 29.2 Å². The maximum Gasteiger partial charge on any atom is 0.227 e. The highest BCUT2D eigenvalue weighted by molar-refractivity contribution is 5.79. The first kappa shape index (κ1) is 15.8. The van der Waals surface area contributed by atoms with Crippen molar-refractivity contribution in [3.8, 4) is 5.75 Å².